The van der Waals surface area contributed by atoms with Crippen molar-refractivity contribution >= 4 is 15.7 Å². The van der Waals surface area contributed by atoms with E-state index in [1.165, 1.54) is 11.4 Å². The number of oxime groups is 1. The van der Waals surface area contributed by atoms with Crippen LogP contribution in [-0.4, -0.2) is 56.2 Å². The Morgan fingerprint density at radius 2 is 2.07 bits per heavy atom. The second-order valence-corrected chi connectivity index (χ2v) is 5.46. The maximum atomic E-state index is 11.7. The van der Waals surface area contributed by atoms with Crippen molar-refractivity contribution in [2.75, 3.05) is 32.6 Å². The molecule has 1 fully saturated rings. The third kappa shape index (κ3) is 3.44. The van der Waals surface area contributed by atoms with E-state index < -0.39 is 10.0 Å². The van der Waals surface area contributed by atoms with Crippen LogP contribution in [0.1, 0.15) is 12.8 Å². The van der Waals surface area contributed by atoms with Crippen molar-refractivity contribution in [2.24, 2.45) is 5.16 Å². The van der Waals surface area contributed by atoms with Gasteiger partial charge in [-0.15, -0.1) is 0 Å². The predicted molar refractivity (Wildman–Crippen MR) is 55.7 cm³/mol. The molecule has 0 spiro atoms. The van der Waals surface area contributed by atoms with Crippen molar-refractivity contribution < 1.29 is 18.4 Å². The van der Waals surface area contributed by atoms with Crippen LogP contribution in [0.5, 0.6) is 0 Å². The lowest BCUT2D eigenvalue weighted by Gasteiger charge is -2.26. The second-order valence-electron chi connectivity index (χ2n) is 3.37. The third-order valence-corrected chi connectivity index (χ3v) is 4.21. The fourth-order valence-electron chi connectivity index (χ4n) is 1.44. The molecule has 6 nitrogen and oxygen atoms in total. The summed E-state index contributed by atoms with van der Waals surface area (Å²) >= 11 is 0. The molecule has 1 heterocycles. The van der Waals surface area contributed by atoms with Crippen molar-refractivity contribution in [3.63, 3.8) is 0 Å². The first-order valence-corrected chi connectivity index (χ1v) is 6.37. The highest BCUT2D eigenvalue weighted by atomic mass is 32.2. The Labute approximate surface area is 89.6 Å². The van der Waals surface area contributed by atoms with Gasteiger partial charge in [0.1, 0.15) is 0 Å². The van der Waals surface area contributed by atoms with Gasteiger partial charge in [-0.2, -0.15) is 0 Å². The molecule has 1 rings (SSSR count). The Bertz CT molecular complexity index is 316. The summed E-state index contributed by atoms with van der Waals surface area (Å²) < 4.78 is 29.5. The molecule has 0 atom stereocenters. The molecule has 7 heteroatoms. The van der Waals surface area contributed by atoms with Crippen LogP contribution in [-0.2, 0) is 14.8 Å². The van der Waals surface area contributed by atoms with E-state index >= 15 is 0 Å². The highest BCUT2D eigenvalue weighted by Gasteiger charge is 2.25. The topological polar surface area (TPSA) is 79.2 Å². The van der Waals surface area contributed by atoms with E-state index in [0.29, 0.717) is 31.6 Å². The molecular formula is C8H16N2O4S. The molecule has 0 unspecified atom stereocenters. The minimum absolute atomic E-state index is 0.00903. The van der Waals surface area contributed by atoms with Gasteiger partial charge in [0.15, 0.2) is 0 Å². The van der Waals surface area contributed by atoms with Crippen molar-refractivity contribution in [3.8, 4) is 0 Å². The van der Waals surface area contributed by atoms with Crippen LogP contribution in [0.3, 0.4) is 0 Å². The van der Waals surface area contributed by atoms with Crippen LogP contribution >= 0.6 is 0 Å². The largest absolute Gasteiger partial charge is 0.411 e. The monoisotopic (exact) mass is 236 g/mol. The average molecular weight is 236 g/mol. The first-order valence-electron chi connectivity index (χ1n) is 4.76. The lowest BCUT2D eigenvalue weighted by Crippen LogP contribution is -2.40. The molecule has 88 valence electrons. The van der Waals surface area contributed by atoms with Gasteiger partial charge in [0.2, 0.25) is 10.0 Å². The van der Waals surface area contributed by atoms with Gasteiger partial charge < -0.3 is 9.94 Å². The van der Waals surface area contributed by atoms with Crippen LogP contribution in [0.15, 0.2) is 5.16 Å². The standard InChI is InChI=1S/C8H16N2O4S/c1-14-6-7-15(12,13)10-4-2-8(9-11)3-5-10/h11H,2-7H2,1H3. The summed E-state index contributed by atoms with van der Waals surface area (Å²) in [5.41, 5.74) is 0.660. The van der Waals surface area contributed by atoms with Crippen molar-refractivity contribution in [1.82, 2.24) is 4.31 Å². The maximum absolute atomic E-state index is 11.7. The minimum atomic E-state index is -3.21. The van der Waals surface area contributed by atoms with Crippen molar-refractivity contribution in [3.05, 3.63) is 0 Å². The molecule has 15 heavy (non-hydrogen) atoms. The van der Waals surface area contributed by atoms with Crippen LogP contribution in [0.25, 0.3) is 0 Å². The predicted octanol–water partition coefficient (Wildman–Crippen LogP) is -0.111. The zero-order valence-electron chi connectivity index (χ0n) is 8.72. The molecule has 0 radical (unpaired) electrons. The van der Waals surface area contributed by atoms with Crippen molar-refractivity contribution in [2.45, 2.75) is 12.8 Å². The summed E-state index contributed by atoms with van der Waals surface area (Å²) in [4.78, 5) is 0. The van der Waals surface area contributed by atoms with E-state index in [0.717, 1.165) is 0 Å². The van der Waals surface area contributed by atoms with Gasteiger partial charge in [-0.25, -0.2) is 12.7 Å². The van der Waals surface area contributed by atoms with Gasteiger partial charge in [0.05, 0.1) is 18.1 Å². The zero-order chi connectivity index (χ0) is 11.3. The molecule has 1 aliphatic rings. The molecule has 1 aliphatic heterocycles. The van der Waals surface area contributed by atoms with Crippen molar-refractivity contribution in [1.29, 1.82) is 0 Å². The highest BCUT2D eigenvalue weighted by molar-refractivity contribution is 7.89. The molecule has 0 aliphatic carbocycles. The molecule has 0 aromatic rings. The Hall–Kier alpha value is -0.660. The number of ether oxygens (including phenoxy) is 1. The quantitative estimate of drug-likeness (QED) is 0.545. The van der Waals surface area contributed by atoms with E-state index in [1.807, 2.05) is 0 Å². The smallest absolute Gasteiger partial charge is 0.216 e. The van der Waals surface area contributed by atoms with Gasteiger partial charge in [0, 0.05) is 33.0 Å². The van der Waals surface area contributed by atoms with Gasteiger partial charge >= 0.3 is 0 Å². The zero-order valence-corrected chi connectivity index (χ0v) is 9.53. The number of hydrogen-bond donors (Lipinski definition) is 1. The number of rotatable bonds is 4. The summed E-state index contributed by atoms with van der Waals surface area (Å²) in [5.74, 6) is 0.00903. The normalized spacial score (nSPS) is 19.1. The van der Waals surface area contributed by atoms with Crippen LogP contribution in [0.4, 0.5) is 0 Å². The van der Waals surface area contributed by atoms with Gasteiger partial charge in [-0.05, 0) is 0 Å². The molecule has 0 saturated carbocycles. The SMILES string of the molecule is COCCS(=O)(=O)N1CCC(=NO)CC1. The van der Waals surface area contributed by atoms with Crippen LogP contribution < -0.4 is 0 Å². The highest BCUT2D eigenvalue weighted by Crippen LogP contribution is 2.12. The fraction of sp³-hybridized carbons (Fsp3) is 0.875. The lowest BCUT2D eigenvalue weighted by atomic mass is 10.1. The Morgan fingerprint density at radius 3 is 2.53 bits per heavy atom. The number of hydrogen-bond acceptors (Lipinski definition) is 5. The Balaban J connectivity index is 2.52. The maximum Gasteiger partial charge on any atom is 0.216 e. The van der Waals surface area contributed by atoms with E-state index in [-0.39, 0.29) is 12.4 Å². The van der Waals surface area contributed by atoms with Crippen LogP contribution in [0.2, 0.25) is 0 Å². The van der Waals surface area contributed by atoms with Crippen LogP contribution in [0, 0.1) is 0 Å². The van der Waals surface area contributed by atoms with Gasteiger partial charge in [0.25, 0.3) is 0 Å². The molecule has 0 aromatic carbocycles. The molecule has 0 bridgehead atoms. The summed E-state index contributed by atoms with van der Waals surface area (Å²) in [6.45, 7) is 0.997. The summed E-state index contributed by atoms with van der Waals surface area (Å²) in [6, 6.07) is 0. The molecule has 1 saturated heterocycles. The lowest BCUT2D eigenvalue weighted by molar-refractivity contribution is 0.215. The Kier molecular flexibility index (Phi) is 4.49. The minimum Gasteiger partial charge on any atom is -0.411 e. The fourth-order valence-corrected chi connectivity index (χ4v) is 2.81. The van der Waals surface area contributed by atoms with E-state index in [1.54, 1.807) is 0 Å². The first kappa shape index (κ1) is 12.4. The van der Waals surface area contributed by atoms with E-state index in [4.69, 9.17) is 9.94 Å². The molecule has 1 N–H and O–H groups in total. The summed E-state index contributed by atoms with van der Waals surface area (Å²) in [5, 5.41) is 11.6. The van der Waals surface area contributed by atoms with E-state index in [9.17, 15) is 8.42 Å². The second kappa shape index (κ2) is 5.43. The number of sulfonamides is 1. The summed E-state index contributed by atoms with van der Waals surface area (Å²) in [7, 11) is -1.73. The number of piperidine rings is 1. The number of nitrogens with zero attached hydrogens (tertiary/aromatic N) is 2. The molecular weight excluding hydrogens is 220 g/mol. The van der Waals surface area contributed by atoms with Gasteiger partial charge in [-0.1, -0.05) is 5.16 Å². The number of methoxy groups -OCH3 is 1. The summed E-state index contributed by atoms with van der Waals surface area (Å²) in [6.07, 6.45) is 1.01. The average Bonchev–Trinajstić information content (AvgIpc) is 2.26. The third-order valence-electron chi connectivity index (χ3n) is 2.38. The Morgan fingerprint density at radius 1 is 1.47 bits per heavy atom. The molecule has 0 aromatic heterocycles. The van der Waals surface area contributed by atoms with Gasteiger partial charge in [-0.3, -0.25) is 0 Å². The van der Waals surface area contributed by atoms with E-state index in [2.05, 4.69) is 5.16 Å². The molecule has 0 amide bonds. The first-order chi connectivity index (χ1) is 7.10.